The van der Waals surface area contributed by atoms with Crippen LogP contribution in [0, 0.1) is 0 Å². The van der Waals surface area contributed by atoms with E-state index in [0.717, 1.165) is 47.4 Å². The summed E-state index contributed by atoms with van der Waals surface area (Å²) in [5, 5.41) is 13.1. The van der Waals surface area contributed by atoms with Crippen LogP contribution in [0.1, 0.15) is 35.6 Å². The molecule has 0 fully saturated rings. The zero-order valence-electron chi connectivity index (χ0n) is 17.0. The Morgan fingerprint density at radius 1 is 1.13 bits per heavy atom. The number of ether oxygens (including phenoxy) is 1. The number of amides is 1. The Labute approximate surface area is 180 Å². The number of phenols is 1. The number of pyridine rings is 1. The van der Waals surface area contributed by atoms with Gasteiger partial charge in [0.1, 0.15) is 23.8 Å². The molecule has 2 heterocycles. The molecule has 0 bridgehead atoms. The molecule has 31 heavy (non-hydrogen) atoms. The van der Waals surface area contributed by atoms with E-state index in [1.54, 1.807) is 12.1 Å². The van der Waals surface area contributed by atoms with Crippen molar-refractivity contribution in [3.05, 3.63) is 89.9 Å². The van der Waals surface area contributed by atoms with Crippen LogP contribution in [0.2, 0.25) is 0 Å². The molecule has 1 aliphatic rings. The van der Waals surface area contributed by atoms with Gasteiger partial charge in [0.15, 0.2) is 0 Å². The Hall–Kier alpha value is -3.80. The van der Waals surface area contributed by atoms with E-state index in [1.807, 2.05) is 65.3 Å². The van der Waals surface area contributed by atoms with E-state index < -0.39 is 0 Å². The van der Waals surface area contributed by atoms with Crippen molar-refractivity contribution in [1.29, 1.82) is 0 Å². The number of aromatic nitrogens is 2. The van der Waals surface area contributed by atoms with Gasteiger partial charge in [0.2, 0.25) is 5.91 Å². The molecule has 0 saturated carbocycles. The van der Waals surface area contributed by atoms with Gasteiger partial charge >= 0.3 is 0 Å². The van der Waals surface area contributed by atoms with Crippen LogP contribution in [0.5, 0.6) is 11.5 Å². The molecule has 156 valence electrons. The Morgan fingerprint density at radius 3 is 2.84 bits per heavy atom. The molecule has 1 atom stereocenters. The average molecular weight is 413 g/mol. The molecule has 0 unspecified atom stereocenters. The second-order valence-electron chi connectivity index (χ2n) is 7.79. The lowest BCUT2D eigenvalue weighted by molar-refractivity contribution is -0.117. The number of imidazole rings is 1. The molecule has 5 rings (SSSR count). The highest BCUT2D eigenvalue weighted by atomic mass is 16.5. The van der Waals surface area contributed by atoms with Crippen LogP contribution >= 0.6 is 0 Å². The van der Waals surface area contributed by atoms with Crippen molar-refractivity contribution in [2.24, 2.45) is 0 Å². The summed E-state index contributed by atoms with van der Waals surface area (Å²) in [6.07, 6.45) is 6.38. The first-order chi connectivity index (χ1) is 15.2. The van der Waals surface area contributed by atoms with Crippen LogP contribution in [0.25, 0.3) is 5.65 Å². The first-order valence-electron chi connectivity index (χ1n) is 10.4. The number of benzene rings is 2. The fraction of sp³-hybridized carbons (Fsp3) is 0.200. The third-order valence-electron chi connectivity index (χ3n) is 5.72. The molecule has 2 N–H and O–H groups in total. The van der Waals surface area contributed by atoms with Gasteiger partial charge in [0.25, 0.3) is 0 Å². The highest BCUT2D eigenvalue weighted by Crippen LogP contribution is 2.36. The van der Waals surface area contributed by atoms with E-state index in [2.05, 4.69) is 10.3 Å². The normalized spacial score (nSPS) is 15.4. The summed E-state index contributed by atoms with van der Waals surface area (Å²) in [4.78, 5) is 17.4. The maximum Gasteiger partial charge on any atom is 0.231 e. The number of phenolic OH excluding ortho intramolecular Hbond substituents is 1. The van der Waals surface area contributed by atoms with E-state index in [1.165, 1.54) is 0 Å². The predicted molar refractivity (Wildman–Crippen MR) is 118 cm³/mol. The van der Waals surface area contributed by atoms with Crippen molar-refractivity contribution in [3.8, 4) is 11.5 Å². The minimum Gasteiger partial charge on any atom is -0.508 e. The molecule has 0 spiro atoms. The summed E-state index contributed by atoms with van der Waals surface area (Å²) in [6, 6.07) is 18.6. The number of carbonyl (C=O) groups is 1. The van der Waals surface area contributed by atoms with E-state index >= 15 is 0 Å². The van der Waals surface area contributed by atoms with E-state index in [4.69, 9.17) is 4.74 Å². The van der Waals surface area contributed by atoms with Gasteiger partial charge in [-0.2, -0.15) is 0 Å². The number of carbonyl (C=O) groups excluding carboxylic acids is 1. The maximum atomic E-state index is 12.9. The number of nitrogens with one attached hydrogen (secondary N) is 1. The summed E-state index contributed by atoms with van der Waals surface area (Å²) in [6.45, 7) is 0.371. The second kappa shape index (κ2) is 8.14. The monoisotopic (exact) mass is 413 g/mol. The third-order valence-corrected chi connectivity index (χ3v) is 5.72. The number of nitrogens with zero attached hydrogens (tertiary/aromatic N) is 2. The Morgan fingerprint density at radius 2 is 2.00 bits per heavy atom. The van der Waals surface area contributed by atoms with Crippen molar-refractivity contribution in [2.45, 2.75) is 31.8 Å². The topological polar surface area (TPSA) is 75.9 Å². The van der Waals surface area contributed by atoms with Crippen LogP contribution in [0.15, 0.2) is 73.1 Å². The van der Waals surface area contributed by atoms with Gasteiger partial charge in [-0.05, 0) is 72.9 Å². The molecule has 6 nitrogen and oxygen atoms in total. The number of fused-ring (bicyclic) bond motifs is 2. The molecule has 1 amide bonds. The van der Waals surface area contributed by atoms with Gasteiger partial charge in [0, 0.05) is 18.1 Å². The van der Waals surface area contributed by atoms with Gasteiger partial charge in [-0.15, -0.1) is 0 Å². The summed E-state index contributed by atoms with van der Waals surface area (Å²) in [5.41, 5.74) is 4.28. The molecule has 0 saturated heterocycles. The van der Waals surface area contributed by atoms with Gasteiger partial charge in [0.05, 0.1) is 11.6 Å². The number of aromatic hydroxyl groups is 1. The minimum absolute atomic E-state index is 0.0510. The molecule has 6 heteroatoms. The molecule has 1 aliphatic carbocycles. The van der Waals surface area contributed by atoms with Gasteiger partial charge in [-0.1, -0.05) is 18.2 Å². The Kier molecular flexibility index (Phi) is 5.04. The number of hydrogen-bond donors (Lipinski definition) is 2. The number of anilines is 1. The Balaban J connectivity index is 1.22. The summed E-state index contributed by atoms with van der Waals surface area (Å²) in [7, 11) is 0. The van der Waals surface area contributed by atoms with Gasteiger partial charge in [-0.25, -0.2) is 4.98 Å². The van der Waals surface area contributed by atoms with Gasteiger partial charge < -0.3 is 19.6 Å². The van der Waals surface area contributed by atoms with Crippen molar-refractivity contribution < 1.29 is 14.6 Å². The molecule has 0 radical (unpaired) electrons. The van der Waals surface area contributed by atoms with Crippen molar-refractivity contribution in [3.63, 3.8) is 0 Å². The van der Waals surface area contributed by atoms with E-state index in [9.17, 15) is 9.90 Å². The first-order valence-corrected chi connectivity index (χ1v) is 10.4. The zero-order chi connectivity index (χ0) is 21.2. The quantitative estimate of drug-likeness (QED) is 0.498. The SMILES string of the molecule is O=C(Nc1ccc(OCc2cn3ccccc3n2)cc1)[C@@H]1CCCc2c(O)cccc21. The Bertz CT molecular complexity index is 1200. The van der Waals surface area contributed by atoms with Crippen LogP contribution in [0.4, 0.5) is 5.69 Å². The highest BCUT2D eigenvalue weighted by Gasteiger charge is 2.27. The maximum absolute atomic E-state index is 12.9. The third kappa shape index (κ3) is 3.97. The van der Waals surface area contributed by atoms with E-state index in [0.29, 0.717) is 12.4 Å². The van der Waals surface area contributed by atoms with Crippen molar-refractivity contribution >= 4 is 17.2 Å². The molecular formula is C25H23N3O3. The van der Waals surface area contributed by atoms with Crippen molar-refractivity contribution in [2.75, 3.05) is 5.32 Å². The fourth-order valence-corrected chi connectivity index (χ4v) is 4.18. The lowest BCUT2D eigenvalue weighted by Gasteiger charge is -2.25. The second-order valence-corrected chi connectivity index (χ2v) is 7.79. The first kappa shape index (κ1) is 19.2. The summed E-state index contributed by atoms with van der Waals surface area (Å²) >= 11 is 0. The standard InChI is InChI=1S/C25H23N3O3/c29-23-8-4-5-20-21(23)6-3-7-22(20)25(30)27-17-10-12-19(13-11-17)31-16-18-15-28-14-2-1-9-24(28)26-18/h1-2,4-5,8-15,22,29H,3,6-7,16H2,(H,27,30)/t22-/m1/s1. The van der Waals surface area contributed by atoms with Crippen LogP contribution in [0.3, 0.4) is 0 Å². The van der Waals surface area contributed by atoms with Crippen molar-refractivity contribution in [1.82, 2.24) is 9.38 Å². The molecule has 0 aliphatic heterocycles. The lowest BCUT2D eigenvalue weighted by atomic mass is 9.82. The fourth-order valence-electron chi connectivity index (χ4n) is 4.18. The number of hydrogen-bond acceptors (Lipinski definition) is 4. The smallest absolute Gasteiger partial charge is 0.231 e. The largest absolute Gasteiger partial charge is 0.508 e. The molecular weight excluding hydrogens is 390 g/mol. The molecule has 4 aromatic rings. The highest BCUT2D eigenvalue weighted by molar-refractivity contribution is 5.96. The molecule has 2 aromatic carbocycles. The van der Waals surface area contributed by atoms with Crippen LogP contribution in [-0.4, -0.2) is 20.4 Å². The summed E-state index contributed by atoms with van der Waals surface area (Å²) in [5.74, 6) is 0.692. The summed E-state index contributed by atoms with van der Waals surface area (Å²) < 4.78 is 7.80. The molecule has 2 aromatic heterocycles. The van der Waals surface area contributed by atoms with Crippen LogP contribution < -0.4 is 10.1 Å². The predicted octanol–water partition coefficient (Wildman–Crippen LogP) is 4.68. The van der Waals surface area contributed by atoms with E-state index in [-0.39, 0.29) is 17.6 Å². The van der Waals surface area contributed by atoms with Gasteiger partial charge in [-0.3, -0.25) is 4.79 Å². The minimum atomic E-state index is -0.248. The lowest BCUT2D eigenvalue weighted by Crippen LogP contribution is -2.24. The number of rotatable bonds is 5. The average Bonchev–Trinajstić information content (AvgIpc) is 3.22. The van der Waals surface area contributed by atoms with Crippen LogP contribution in [-0.2, 0) is 17.8 Å². The zero-order valence-corrected chi connectivity index (χ0v) is 17.0.